The molecule has 0 bridgehead atoms. The van der Waals surface area contributed by atoms with Crippen LogP contribution in [0, 0.1) is 5.82 Å². The minimum Gasteiger partial charge on any atom is -0.497 e. The summed E-state index contributed by atoms with van der Waals surface area (Å²) in [5.74, 6) is -0.0801. The van der Waals surface area contributed by atoms with Crippen molar-refractivity contribution in [3.8, 4) is 22.6 Å². The van der Waals surface area contributed by atoms with Crippen molar-refractivity contribution in [3.05, 3.63) is 77.6 Å². The lowest BCUT2D eigenvalue weighted by Gasteiger charge is -2.17. The average molecular weight is 512 g/mol. The molecule has 0 heterocycles. The fraction of sp³-hybridized carbons (Fsp3) is 0.280. The lowest BCUT2D eigenvalue weighted by Crippen LogP contribution is -2.24. The predicted molar refractivity (Wildman–Crippen MR) is 125 cm³/mol. The van der Waals surface area contributed by atoms with Gasteiger partial charge in [0.1, 0.15) is 23.9 Å². The SMILES string of the molecule is COc1cc(F)cc([C@@H](C)NCCOc2cc(-c3cccc(S(C)(=O)=O)c3)cc(C(F)(F)F)c2)c1. The number of methoxy groups -OCH3 is 1. The Hall–Kier alpha value is -3.11. The Bertz CT molecular complexity index is 1290. The molecule has 0 aliphatic carbocycles. The van der Waals surface area contributed by atoms with Gasteiger partial charge >= 0.3 is 6.18 Å². The molecule has 10 heteroatoms. The maximum absolute atomic E-state index is 13.7. The largest absolute Gasteiger partial charge is 0.497 e. The van der Waals surface area contributed by atoms with Gasteiger partial charge in [-0.15, -0.1) is 0 Å². The van der Waals surface area contributed by atoms with E-state index in [0.29, 0.717) is 16.9 Å². The molecule has 188 valence electrons. The molecule has 0 unspecified atom stereocenters. The quantitative estimate of drug-likeness (QED) is 0.297. The smallest absolute Gasteiger partial charge is 0.416 e. The third kappa shape index (κ3) is 7.19. The van der Waals surface area contributed by atoms with Gasteiger partial charge in [0.2, 0.25) is 0 Å². The summed E-state index contributed by atoms with van der Waals surface area (Å²) in [5, 5.41) is 3.13. The van der Waals surface area contributed by atoms with Gasteiger partial charge in [0.05, 0.1) is 17.6 Å². The predicted octanol–water partition coefficient (Wildman–Crippen LogP) is 5.65. The molecule has 3 aromatic rings. The van der Waals surface area contributed by atoms with Gasteiger partial charge in [-0.05, 0) is 66.1 Å². The molecule has 0 aliphatic rings. The van der Waals surface area contributed by atoms with Crippen molar-refractivity contribution in [1.82, 2.24) is 5.32 Å². The fourth-order valence-corrected chi connectivity index (χ4v) is 4.10. The van der Waals surface area contributed by atoms with Crippen molar-refractivity contribution >= 4 is 9.84 Å². The average Bonchev–Trinajstić information content (AvgIpc) is 2.80. The molecule has 0 saturated carbocycles. The molecule has 35 heavy (non-hydrogen) atoms. The summed E-state index contributed by atoms with van der Waals surface area (Å²) in [6, 6.07) is 13.0. The maximum Gasteiger partial charge on any atom is 0.416 e. The van der Waals surface area contributed by atoms with E-state index in [4.69, 9.17) is 9.47 Å². The Labute approximate surface area is 201 Å². The maximum atomic E-state index is 13.7. The van der Waals surface area contributed by atoms with Gasteiger partial charge in [0, 0.05) is 24.9 Å². The molecule has 3 rings (SSSR count). The number of rotatable bonds is 9. The second-order valence-corrected chi connectivity index (χ2v) is 10.0. The Kier molecular flexibility index (Phi) is 8.07. The van der Waals surface area contributed by atoms with Crippen LogP contribution in [0.4, 0.5) is 17.6 Å². The Balaban J connectivity index is 1.76. The second-order valence-electron chi connectivity index (χ2n) is 7.99. The first-order valence-electron chi connectivity index (χ1n) is 10.6. The molecular weight excluding hydrogens is 486 g/mol. The molecule has 0 radical (unpaired) electrons. The van der Waals surface area contributed by atoms with Crippen LogP contribution >= 0.6 is 0 Å². The van der Waals surface area contributed by atoms with E-state index in [-0.39, 0.29) is 35.4 Å². The highest BCUT2D eigenvalue weighted by Crippen LogP contribution is 2.36. The zero-order chi connectivity index (χ0) is 25.8. The van der Waals surface area contributed by atoms with Crippen LogP contribution in [0.5, 0.6) is 11.5 Å². The van der Waals surface area contributed by atoms with E-state index in [2.05, 4.69) is 5.32 Å². The highest BCUT2D eigenvalue weighted by atomic mass is 32.2. The molecular formula is C25H25F4NO4S. The van der Waals surface area contributed by atoms with Crippen LogP contribution in [0.2, 0.25) is 0 Å². The van der Waals surface area contributed by atoms with E-state index in [1.165, 1.54) is 49.6 Å². The lowest BCUT2D eigenvalue weighted by molar-refractivity contribution is -0.137. The molecule has 0 saturated heterocycles. The Morgan fingerprint density at radius 2 is 1.71 bits per heavy atom. The van der Waals surface area contributed by atoms with E-state index < -0.39 is 27.4 Å². The van der Waals surface area contributed by atoms with Crippen molar-refractivity contribution in [2.24, 2.45) is 0 Å². The van der Waals surface area contributed by atoms with Crippen LogP contribution in [0.15, 0.2) is 65.6 Å². The summed E-state index contributed by atoms with van der Waals surface area (Å²) in [6.45, 7) is 2.13. The topological polar surface area (TPSA) is 64.6 Å². The number of alkyl halides is 3. The third-order valence-corrected chi connectivity index (χ3v) is 6.39. The van der Waals surface area contributed by atoms with Crippen LogP contribution in [0.3, 0.4) is 0 Å². The number of hydrogen-bond donors (Lipinski definition) is 1. The monoisotopic (exact) mass is 511 g/mol. The summed E-state index contributed by atoms with van der Waals surface area (Å²) in [7, 11) is -2.10. The van der Waals surface area contributed by atoms with E-state index in [1.807, 2.05) is 6.92 Å². The van der Waals surface area contributed by atoms with Crippen molar-refractivity contribution < 1.29 is 35.5 Å². The second kappa shape index (κ2) is 10.7. The number of sulfone groups is 1. The Morgan fingerprint density at radius 3 is 2.37 bits per heavy atom. The number of ether oxygens (including phenoxy) is 2. The molecule has 0 aromatic heterocycles. The van der Waals surface area contributed by atoms with Crippen molar-refractivity contribution in [2.75, 3.05) is 26.5 Å². The minimum atomic E-state index is -4.62. The van der Waals surface area contributed by atoms with Crippen LogP contribution in [-0.2, 0) is 16.0 Å². The van der Waals surface area contributed by atoms with Gasteiger partial charge in [0.25, 0.3) is 0 Å². The van der Waals surface area contributed by atoms with Gasteiger partial charge in [-0.25, -0.2) is 12.8 Å². The molecule has 1 N–H and O–H groups in total. The third-order valence-electron chi connectivity index (χ3n) is 5.28. The summed E-state index contributed by atoms with van der Waals surface area (Å²) < 4.78 is 88.6. The normalized spacial score (nSPS) is 12.9. The first kappa shape index (κ1) is 26.5. The minimum absolute atomic E-state index is 0.00190. The summed E-state index contributed by atoms with van der Waals surface area (Å²) in [4.78, 5) is 0.00190. The van der Waals surface area contributed by atoms with Gasteiger partial charge in [-0.3, -0.25) is 0 Å². The van der Waals surface area contributed by atoms with Gasteiger partial charge in [-0.1, -0.05) is 12.1 Å². The van der Waals surface area contributed by atoms with E-state index in [1.54, 1.807) is 6.07 Å². The summed E-state index contributed by atoms with van der Waals surface area (Å²) in [6.07, 6.45) is -3.59. The standard InChI is InChI=1S/C25H25F4NO4S/c1-16(18-10-21(26)15-22(11-18)33-2)30-7-8-34-23-12-19(9-20(14-23)25(27,28)29)17-5-4-6-24(13-17)35(3,31)32/h4-6,9-16,30H,7-8H2,1-3H3/t16-/m1/s1. The molecule has 5 nitrogen and oxygen atoms in total. The zero-order valence-electron chi connectivity index (χ0n) is 19.3. The van der Waals surface area contributed by atoms with Crippen LogP contribution < -0.4 is 14.8 Å². The van der Waals surface area contributed by atoms with Crippen molar-refractivity contribution in [3.63, 3.8) is 0 Å². The number of halogens is 4. The van der Waals surface area contributed by atoms with Crippen molar-refractivity contribution in [1.29, 1.82) is 0 Å². The van der Waals surface area contributed by atoms with E-state index >= 15 is 0 Å². The molecule has 3 aromatic carbocycles. The summed E-state index contributed by atoms with van der Waals surface area (Å²) >= 11 is 0. The Morgan fingerprint density at radius 1 is 0.971 bits per heavy atom. The number of nitrogens with one attached hydrogen (secondary N) is 1. The fourth-order valence-electron chi connectivity index (χ4n) is 3.43. The van der Waals surface area contributed by atoms with E-state index in [9.17, 15) is 26.0 Å². The molecule has 0 amide bonds. The lowest BCUT2D eigenvalue weighted by atomic mass is 10.0. The van der Waals surface area contributed by atoms with E-state index in [0.717, 1.165) is 18.4 Å². The highest BCUT2D eigenvalue weighted by Gasteiger charge is 2.31. The highest BCUT2D eigenvalue weighted by molar-refractivity contribution is 7.90. The van der Waals surface area contributed by atoms with Crippen LogP contribution in [-0.4, -0.2) is 34.9 Å². The first-order valence-corrected chi connectivity index (χ1v) is 12.5. The number of benzene rings is 3. The molecule has 0 fully saturated rings. The number of hydrogen-bond acceptors (Lipinski definition) is 5. The first-order chi connectivity index (χ1) is 16.4. The van der Waals surface area contributed by atoms with Crippen molar-refractivity contribution in [2.45, 2.75) is 24.0 Å². The van der Waals surface area contributed by atoms with Crippen LogP contribution in [0.1, 0.15) is 24.1 Å². The van der Waals surface area contributed by atoms with Crippen LogP contribution in [0.25, 0.3) is 11.1 Å². The summed E-state index contributed by atoms with van der Waals surface area (Å²) in [5.41, 5.74) is 0.223. The van der Waals surface area contributed by atoms with Gasteiger partial charge in [0.15, 0.2) is 9.84 Å². The zero-order valence-corrected chi connectivity index (χ0v) is 20.1. The molecule has 0 aliphatic heterocycles. The molecule has 1 atom stereocenters. The van der Waals surface area contributed by atoms with Gasteiger partial charge in [-0.2, -0.15) is 13.2 Å². The van der Waals surface area contributed by atoms with Gasteiger partial charge < -0.3 is 14.8 Å². The molecule has 0 spiro atoms.